The molecule has 1 N–H and O–H groups in total. The summed E-state index contributed by atoms with van der Waals surface area (Å²) >= 11 is 0. The average molecular weight is 400 g/mol. The van der Waals surface area contributed by atoms with Crippen molar-refractivity contribution in [2.75, 3.05) is 20.2 Å². The van der Waals surface area contributed by atoms with Gasteiger partial charge in [-0.25, -0.2) is 8.42 Å². The molecule has 1 unspecified atom stereocenters. The summed E-state index contributed by atoms with van der Waals surface area (Å²) in [5.41, 5.74) is 1.61. The van der Waals surface area contributed by atoms with Gasteiger partial charge in [0, 0.05) is 6.54 Å². The molecule has 5 nitrogen and oxygen atoms in total. The van der Waals surface area contributed by atoms with Gasteiger partial charge < -0.3 is 9.84 Å². The smallest absolute Gasteiger partial charge is 0.244 e. The fourth-order valence-corrected chi connectivity index (χ4v) is 3.72. The number of hydrogen-bond acceptors (Lipinski definition) is 4. The molecule has 28 heavy (non-hydrogen) atoms. The van der Waals surface area contributed by atoms with Crippen molar-refractivity contribution < 1.29 is 18.3 Å². The van der Waals surface area contributed by atoms with Crippen LogP contribution >= 0.6 is 0 Å². The average Bonchev–Trinajstić information content (AvgIpc) is 2.70. The van der Waals surface area contributed by atoms with Crippen LogP contribution in [0.3, 0.4) is 0 Å². The Bertz CT molecular complexity index is 952. The molecule has 2 aromatic carbocycles. The number of hydrogen-bond donors (Lipinski definition) is 1. The summed E-state index contributed by atoms with van der Waals surface area (Å²) in [6.07, 6.45) is 2.54. The van der Waals surface area contributed by atoms with Gasteiger partial charge in [-0.3, -0.25) is 0 Å². The Morgan fingerprint density at radius 1 is 1.14 bits per heavy atom. The summed E-state index contributed by atoms with van der Waals surface area (Å²) in [4.78, 5) is 0.222. The van der Waals surface area contributed by atoms with E-state index in [2.05, 4.69) is 11.8 Å². The molecule has 0 amide bonds. The molecule has 0 fully saturated rings. The highest BCUT2D eigenvalue weighted by molar-refractivity contribution is 7.89. The van der Waals surface area contributed by atoms with E-state index in [0.717, 1.165) is 5.56 Å². The van der Waals surface area contributed by atoms with Crippen molar-refractivity contribution in [3.63, 3.8) is 0 Å². The van der Waals surface area contributed by atoms with Crippen LogP contribution in [-0.2, 0) is 10.0 Å². The number of benzene rings is 2. The lowest BCUT2D eigenvalue weighted by Gasteiger charge is -2.18. The van der Waals surface area contributed by atoms with Crippen molar-refractivity contribution in [1.82, 2.24) is 4.31 Å². The monoisotopic (exact) mass is 399 g/mol. The molecule has 0 radical (unpaired) electrons. The van der Waals surface area contributed by atoms with Crippen LogP contribution in [0, 0.1) is 18.8 Å². The standard InChI is InChI=1S/C22H25NO4S/c1-4-5-16-23(28(25,26)21-14-8-18(2)9-15-21)17-6-7-22(24)19-10-12-20(27-3)13-11-19/h4-5,8-15,22,24H,16-17H2,1-3H3/b5-4+. The van der Waals surface area contributed by atoms with Gasteiger partial charge >= 0.3 is 0 Å². The Balaban J connectivity index is 2.18. The Morgan fingerprint density at radius 3 is 2.36 bits per heavy atom. The topological polar surface area (TPSA) is 66.8 Å². The van der Waals surface area contributed by atoms with Crippen LogP contribution in [0.1, 0.15) is 24.2 Å². The molecule has 0 spiro atoms. The molecule has 0 heterocycles. The van der Waals surface area contributed by atoms with Crippen LogP contribution in [-0.4, -0.2) is 38.0 Å². The lowest BCUT2D eigenvalue weighted by Crippen LogP contribution is -2.31. The summed E-state index contributed by atoms with van der Waals surface area (Å²) in [6.45, 7) is 3.92. The maximum Gasteiger partial charge on any atom is 0.244 e. The predicted octanol–water partition coefficient (Wildman–Crippen LogP) is 3.31. The number of nitrogens with zero attached hydrogens (tertiary/aromatic N) is 1. The molecular formula is C22H25NO4S. The molecule has 0 aliphatic carbocycles. The van der Waals surface area contributed by atoms with E-state index in [1.807, 2.05) is 13.8 Å². The van der Waals surface area contributed by atoms with Crippen LogP contribution < -0.4 is 4.74 Å². The second-order valence-electron chi connectivity index (χ2n) is 6.18. The number of rotatable bonds is 7. The first kappa shape index (κ1) is 21.7. The molecule has 1 atom stereocenters. The van der Waals surface area contributed by atoms with E-state index in [1.54, 1.807) is 67.8 Å². The molecule has 2 aromatic rings. The van der Waals surface area contributed by atoms with E-state index >= 15 is 0 Å². The van der Waals surface area contributed by atoms with Gasteiger partial charge in [0.05, 0.1) is 18.6 Å². The Morgan fingerprint density at radius 2 is 1.79 bits per heavy atom. The van der Waals surface area contributed by atoms with E-state index in [9.17, 15) is 13.5 Å². The molecule has 0 saturated heterocycles. The summed E-state index contributed by atoms with van der Waals surface area (Å²) in [5.74, 6) is 6.19. The molecule has 0 aromatic heterocycles. The van der Waals surface area contributed by atoms with Gasteiger partial charge in [-0.15, -0.1) is 0 Å². The van der Waals surface area contributed by atoms with Crippen molar-refractivity contribution in [1.29, 1.82) is 0 Å². The largest absolute Gasteiger partial charge is 0.497 e. The summed E-state index contributed by atoms with van der Waals surface area (Å²) < 4.78 is 32.2. The van der Waals surface area contributed by atoms with Gasteiger partial charge in [0.1, 0.15) is 11.9 Å². The third-order valence-electron chi connectivity index (χ3n) is 4.13. The number of aliphatic hydroxyl groups excluding tert-OH is 1. The number of aliphatic hydroxyl groups is 1. The third kappa shape index (κ3) is 5.70. The molecule has 0 aliphatic rings. The molecule has 0 aliphatic heterocycles. The summed E-state index contributed by atoms with van der Waals surface area (Å²) in [6, 6.07) is 13.6. The first-order valence-electron chi connectivity index (χ1n) is 8.87. The molecule has 2 rings (SSSR count). The minimum Gasteiger partial charge on any atom is -0.497 e. The van der Waals surface area contributed by atoms with E-state index in [-0.39, 0.29) is 18.0 Å². The lowest BCUT2D eigenvalue weighted by atomic mass is 10.1. The molecule has 0 saturated carbocycles. The fourth-order valence-electron chi connectivity index (χ4n) is 2.43. The summed E-state index contributed by atoms with van der Waals surface area (Å²) in [7, 11) is -2.11. The maximum atomic E-state index is 12.9. The Labute approximate surface area is 167 Å². The molecule has 6 heteroatoms. The first-order chi connectivity index (χ1) is 13.4. The summed E-state index contributed by atoms with van der Waals surface area (Å²) in [5, 5.41) is 10.2. The van der Waals surface area contributed by atoms with Crippen LogP contribution in [0.2, 0.25) is 0 Å². The second kappa shape index (κ2) is 10.1. The fraction of sp³-hybridized carbons (Fsp3) is 0.273. The van der Waals surface area contributed by atoms with Gasteiger partial charge in [0.25, 0.3) is 0 Å². The van der Waals surface area contributed by atoms with Gasteiger partial charge in [-0.2, -0.15) is 4.31 Å². The minimum atomic E-state index is -3.68. The number of ether oxygens (including phenoxy) is 1. The van der Waals surface area contributed by atoms with Gasteiger partial charge in [-0.1, -0.05) is 53.8 Å². The van der Waals surface area contributed by atoms with Crippen molar-refractivity contribution in [2.45, 2.75) is 24.8 Å². The predicted molar refractivity (Wildman–Crippen MR) is 110 cm³/mol. The van der Waals surface area contributed by atoms with Gasteiger partial charge in [0.2, 0.25) is 10.0 Å². The molecule has 0 bridgehead atoms. The zero-order chi connectivity index (χ0) is 20.6. The van der Waals surface area contributed by atoms with Crippen LogP contribution in [0.15, 0.2) is 65.6 Å². The Kier molecular flexibility index (Phi) is 7.82. The minimum absolute atomic E-state index is 0.0201. The quantitative estimate of drug-likeness (QED) is 0.573. The van der Waals surface area contributed by atoms with E-state index < -0.39 is 16.1 Å². The van der Waals surface area contributed by atoms with Crippen molar-refractivity contribution >= 4 is 10.0 Å². The highest BCUT2D eigenvalue weighted by Gasteiger charge is 2.22. The van der Waals surface area contributed by atoms with Crippen molar-refractivity contribution in [2.24, 2.45) is 0 Å². The van der Waals surface area contributed by atoms with Gasteiger partial charge in [-0.05, 0) is 43.7 Å². The number of allylic oxidation sites excluding steroid dienone is 1. The second-order valence-corrected chi connectivity index (χ2v) is 8.11. The van der Waals surface area contributed by atoms with E-state index in [4.69, 9.17) is 4.74 Å². The van der Waals surface area contributed by atoms with Crippen molar-refractivity contribution in [3.05, 3.63) is 71.8 Å². The number of aryl methyl sites for hydroxylation is 1. The van der Waals surface area contributed by atoms with Crippen LogP contribution in [0.5, 0.6) is 5.75 Å². The normalized spacial score (nSPS) is 12.6. The van der Waals surface area contributed by atoms with Crippen LogP contribution in [0.4, 0.5) is 0 Å². The lowest BCUT2D eigenvalue weighted by molar-refractivity contribution is 0.238. The maximum absolute atomic E-state index is 12.9. The van der Waals surface area contributed by atoms with Gasteiger partial charge in [0.15, 0.2) is 0 Å². The first-order valence-corrected chi connectivity index (χ1v) is 10.3. The molecule has 148 valence electrons. The number of sulfonamides is 1. The SMILES string of the molecule is C/C=C/CN(CC#CC(O)c1ccc(OC)cc1)S(=O)(=O)c1ccc(C)cc1. The van der Waals surface area contributed by atoms with E-state index in [1.165, 1.54) is 4.31 Å². The third-order valence-corrected chi connectivity index (χ3v) is 5.96. The zero-order valence-corrected chi connectivity index (χ0v) is 17.1. The van der Waals surface area contributed by atoms with Crippen LogP contribution in [0.25, 0.3) is 0 Å². The molecular weight excluding hydrogens is 374 g/mol. The highest BCUT2D eigenvalue weighted by Crippen LogP contribution is 2.18. The Hall–Kier alpha value is -2.59. The van der Waals surface area contributed by atoms with Crippen molar-refractivity contribution in [3.8, 4) is 17.6 Å². The zero-order valence-electron chi connectivity index (χ0n) is 16.3. The van der Waals surface area contributed by atoms with E-state index in [0.29, 0.717) is 11.3 Å². The highest BCUT2D eigenvalue weighted by atomic mass is 32.2. The number of methoxy groups -OCH3 is 1.